The van der Waals surface area contributed by atoms with Gasteiger partial charge >= 0.3 is 0 Å². The smallest absolute Gasteiger partial charge is 0.256 e. The van der Waals surface area contributed by atoms with Crippen LogP contribution in [-0.4, -0.2) is 48.9 Å². The fourth-order valence-electron chi connectivity index (χ4n) is 2.91. The van der Waals surface area contributed by atoms with E-state index in [1.165, 1.54) is 6.07 Å². The first kappa shape index (κ1) is 14.8. The van der Waals surface area contributed by atoms with Crippen molar-refractivity contribution in [2.45, 2.75) is 19.9 Å². The minimum atomic E-state index is -0.467. The van der Waals surface area contributed by atoms with Gasteiger partial charge in [-0.15, -0.1) is 0 Å². The van der Waals surface area contributed by atoms with Crippen molar-refractivity contribution in [2.75, 3.05) is 32.9 Å². The summed E-state index contributed by atoms with van der Waals surface area (Å²) in [4.78, 5) is 16.3. The molecule has 1 aromatic rings. The fourth-order valence-corrected chi connectivity index (χ4v) is 2.91. The van der Waals surface area contributed by atoms with E-state index in [9.17, 15) is 9.18 Å². The van der Waals surface area contributed by atoms with E-state index in [4.69, 9.17) is 5.73 Å². The third-order valence-electron chi connectivity index (χ3n) is 4.03. The van der Waals surface area contributed by atoms with Gasteiger partial charge in [0.15, 0.2) is 0 Å². The summed E-state index contributed by atoms with van der Waals surface area (Å²) in [7, 11) is 4.00. The SMILES string of the molecule is Cc1cc(N)cc(C(=O)N2CC(C)C(N(C)C)C2)c1F. The van der Waals surface area contributed by atoms with E-state index in [1.54, 1.807) is 17.9 Å². The van der Waals surface area contributed by atoms with E-state index in [0.29, 0.717) is 36.3 Å². The molecule has 0 aromatic heterocycles. The van der Waals surface area contributed by atoms with E-state index in [-0.39, 0.29) is 11.5 Å². The fraction of sp³-hybridized carbons (Fsp3) is 0.533. The van der Waals surface area contributed by atoms with Gasteiger partial charge in [0.2, 0.25) is 0 Å². The maximum absolute atomic E-state index is 14.1. The molecule has 2 unspecified atom stereocenters. The van der Waals surface area contributed by atoms with Crippen molar-refractivity contribution in [3.63, 3.8) is 0 Å². The van der Waals surface area contributed by atoms with Crippen LogP contribution in [0.25, 0.3) is 0 Å². The van der Waals surface area contributed by atoms with Crippen molar-refractivity contribution in [1.29, 1.82) is 0 Å². The lowest BCUT2D eigenvalue weighted by Gasteiger charge is -2.22. The summed E-state index contributed by atoms with van der Waals surface area (Å²) in [5.41, 5.74) is 6.63. The van der Waals surface area contributed by atoms with Crippen LogP contribution in [-0.2, 0) is 0 Å². The summed E-state index contributed by atoms with van der Waals surface area (Å²) >= 11 is 0. The number of benzene rings is 1. The second kappa shape index (κ2) is 5.40. The average molecular weight is 279 g/mol. The minimum Gasteiger partial charge on any atom is -0.399 e. The number of aryl methyl sites for hydroxylation is 1. The molecule has 20 heavy (non-hydrogen) atoms. The number of rotatable bonds is 2. The zero-order chi connectivity index (χ0) is 15.0. The summed E-state index contributed by atoms with van der Waals surface area (Å²) in [5.74, 6) is -0.363. The van der Waals surface area contributed by atoms with Gasteiger partial charge < -0.3 is 15.5 Å². The Bertz CT molecular complexity index is 530. The van der Waals surface area contributed by atoms with Crippen LogP contribution >= 0.6 is 0 Å². The van der Waals surface area contributed by atoms with Crippen LogP contribution in [0.15, 0.2) is 12.1 Å². The lowest BCUT2D eigenvalue weighted by Crippen LogP contribution is -2.36. The van der Waals surface area contributed by atoms with Crippen LogP contribution in [0.2, 0.25) is 0 Å². The molecule has 0 spiro atoms. The molecule has 2 N–H and O–H groups in total. The van der Waals surface area contributed by atoms with Crippen LogP contribution < -0.4 is 5.73 Å². The molecule has 4 nitrogen and oxygen atoms in total. The molecule has 5 heteroatoms. The first-order chi connectivity index (χ1) is 9.31. The van der Waals surface area contributed by atoms with Gasteiger partial charge in [-0.05, 0) is 44.6 Å². The van der Waals surface area contributed by atoms with Gasteiger partial charge in [0.25, 0.3) is 5.91 Å². The number of hydrogen-bond acceptors (Lipinski definition) is 3. The van der Waals surface area contributed by atoms with Crippen LogP contribution in [0.4, 0.5) is 10.1 Å². The predicted octanol–water partition coefficient (Wildman–Crippen LogP) is 1.74. The third-order valence-corrected chi connectivity index (χ3v) is 4.03. The Hall–Kier alpha value is -1.62. The Morgan fingerprint density at radius 3 is 2.60 bits per heavy atom. The molecular weight excluding hydrogens is 257 g/mol. The Morgan fingerprint density at radius 2 is 2.05 bits per heavy atom. The second-order valence-electron chi connectivity index (χ2n) is 5.92. The molecule has 1 aliphatic rings. The Balaban J connectivity index is 2.25. The summed E-state index contributed by atoms with van der Waals surface area (Å²) in [5, 5.41) is 0. The van der Waals surface area contributed by atoms with Gasteiger partial charge in [-0.1, -0.05) is 6.92 Å². The molecule has 1 amide bonds. The second-order valence-corrected chi connectivity index (χ2v) is 5.92. The number of carbonyl (C=O) groups is 1. The monoisotopic (exact) mass is 279 g/mol. The number of nitrogens with zero attached hydrogens (tertiary/aromatic N) is 2. The van der Waals surface area contributed by atoms with Crippen LogP contribution in [0.3, 0.4) is 0 Å². The number of likely N-dealkylation sites (tertiary alicyclic amines) is 1. The maximum Gasteiger partial charge on any atom is 0.256 e. The molecule has 110 valence electrons. The van der Waals surface area contributed by atoms with Gasteiger partial charge in [0.1, 0.15) is 5.82 Å². The number of hydrogen-bond donors (Lipinski definition) is 1. The molecule has 2 rings (SSSR count). The number of nitrogen functional groups attached to an aromatic ring is 1. The standard InChI is InChI=1S/C15H22FN3O/c1-9-5-11(17)6-12(14(9)16)15(20)19-7-10(2)13(8-19)18(3)4/h5-6,10,13H,7-8,17H2,1-4H3. The van der Waals surface area contributed by atoms with Gasteiger partial charge in [-0.2, -0.15) is 0 Å². The number of halogens is 1. The number of carbonyl (C=O) groups excluding carboxylic acids is 1. The highest BCUT2D eigenvalue weighted by Gasteiger charge is 2.34. The quantitative estimate of drug-likeness (QED) is 0.839. The van der Waals surface area contributed by atoms with Crippen molar-refractivity contribution >= 4 is 11.6 Å². The molecule has 0 aliphatic carbocycles. The first-order valence-corrected chi connectivity index (χ1v) is 6.82. The van der Waals surface area contributed by atoms with Crippen molar-refractivity contribution < 1.29 is 9.18 Å². The molecule has 1 fully saturated rings. The van der Waals surface area contributed by atoms with Gasteiger partial charge in [-0.25, -0.2) is 4.39 Å². The Morgan fingerprint density at radius 1 is 1.40 bits per heavy atom. The zero-order valence-corrected chi connectivity index (χ0v) is 12.5. The van der Waals surface area contributed by atoms with E-state index < -0.39 is 5.82 Å². The number of nitrogens with two attached hydrogens (primary N) is 1. The highest BCUT2D eigenvalue weighted by atomic mass is 19.1. The van der Waals surface area contributed by atoms with Crippen molar-refractivity contribution in [2.24, 2.45) is 5.92 Å². The molecule has 0 saturated carbocycles. The van der Waals surface area contributed by atoms with Gasteiger partial charge in [0, 0.05) is 24.8 Å². The van der Waals surface area contributed by atoms with Crippen molar-refractivity contribution in [1.82, 2.24) is 9.80 Å². The number of anilines is 1. The van der Waals surface area contributed by atoms with E-state index in [1.807, 2.05) is 14.1 Å². The molecule has 0 bridgehead atoms. The summed E-state index contributed by atoms with van der Waals surface area (Å²) < 4.78 is 14.1. The zero-order valence-electron chi connectivity index (χ0n) is 12.5. The predicted molar refractivity (Wildman–Crippen MR) is 78.1 cm³/mol. The van der Waals surface area contributed by atoms with Crippen molar-refractivity contribution in [3.8, 4) is 0 Å². The van der Waals surface area contributed by atoms with E-state index >= 15 is 0 Å². The number of amides is 1. The largest absolute Gasteiger partial charge is 0.399 e. The lowest BCUT2D eigenvalue weighted by molar-refractivity contribution is 0.0776. The molecular formula is C15H22FN3O. The Kier molecular flexibility index (Phi) is 3.99. The molecule has 2 atom stereocenters. The van der Waals surface area contributed by atoms with Crippen LogP contribution in [0.1, 0.15) is 22.8 Å². The normalized spacial score (nSPS) is 22.6. The molecule has 1 aliphatic heterocycles. The molecule has 0 radical (unpaired) electrons. The van der Waals surface area contributed by atoms with Crippen molar-refractivity contribution in [3.05, 3.63) is 29.1 Å². The summed E-state index contributed by atoms with van der Waals surface area (Å²) in [6.07, 6.45) is 0. The van der Waals surface area contributed by atoms with Gasteiger partial charge in [-0.3, -0.25) is 4.79 Å². The molecule has 1 saturated heterocycles. The van der Waals surface area contributed by atoms with Crippen LogP contribution in [0, 0.1) is 18.7 Å². The minimum absolute atomic E-state index is 0.0779. The average Bonchev–Trinajstić information content (AvgIpc) is 2.75. The highest BCUT2D eigenvalue weighted by molar-refractivity contribution is 5.95. The maximum atomic E-state index is 14.1. The topological polar surface area (TPSA) is 49.6 Å². The van der Waals surface area contributed by atoms with E-state index in [0.717, 1.165) is 0 Å². The van der Waals surface area contributed by atoms with Gasteiger partial charge in [0.05, 0.1) is 5.56 Å². The Labute approximate surface area is 119 Å². The summed E-state index contributed by atoms with van der Waals surface area (Å²) in [6, 6.07) is 3.28. The molecule has 1 heterocycles. The third kappa shape index (κ3) is 2.63. The van der Waals surface area contributed by atoms with E-state index in [2.05, 4.69) is 11.8 Å². The first-order valence-electron chi connectivity index (χ1n) is 6.82. The highest BCUT2D eigenvalue weighted by Crippen LogP contribution is 2.24. The van der Waals surface area contributed by atoms with Crippen LogP contribution in [0.5, 0.6) is 0 Å². The molecule has 1 aromatic carbocycles. The lowest BCUT2D eigenvalue weighted by atomic mass is 10.1. The summed E-state index contributed by atoms with van der Waals surface area (Å²) in [6.45, 7) is 5.01. The number of likely N-dealkylation sites (N-methyl/N-ethyl adjacent to an activating group) is 1.